The van der Waals surface area contributed by atoms with E-state index in [1.54, 1.807) is 14.2 Å². The molecule has 4 heteroatoms. The predicted molar refractivity (Wildman–Crippen MR) is 98.1 cm³/mol. The minimum atomic E-state index is 0.427. The lowest BCUT2D eigenvalue weighted by Gasteiger charge is -2.37. The van der Waals surface area contributed by atoms with Crippen LogP contribution in [0.4, 0.5) is 0 Å². The summed E-state index contributed by atoms with van der Waals surface area (Å²) in [6.45, 7) is 2.30. The molecule has 3 nitrogen and oxygen atoms in total. The molecule has 0 saturated carbocycles. The molecule has 0 amide bonds. The lowest BCUT2D eigenvalue weighted by Crippen LogP contribution is -2.33. The number of rotatable bonds is 4. The van der Waals surface area contributed by atoms with Crippen molar-refractivity contribution in [2.24, 2.45) is 0 Å². The first-order valence-corrected chi connectivity index (χ1v) is 9.39. The van der Waals surface area contributed by atoms with Crippen LogP contribution in [0.15, 0.2) is 47.4 Å². The molecule has 1 fully saturated rings. The molecule has 2 aliphatic rings. The van der Waals surface area contributed by atoms with E-state index in [0.29, 0.717) is 11.3 Å². The second-order valence-corrected chi connectivity index (χ2v) is 7.68. The summed E-state index contributed by atoms with van der Waals surface area (Å²) in [5.41, 5.74) is 2.83. The predicted octanol–water partition coefficient (Wildman–Crippen LogP) is 4.69. The molecule has 0 radical (unpaired) electrons. The number of hydrogen-bond acceptors (Lipinski definition) is 4. The Morgan fingerprint density at radius 3 is 2.42 bits per heavy atom. The molecule has 0 spiro atoms. The van der Waals surface area contributed by atoms with Gasteiger partial charge in [0.2, 0.25) is 0 Å². The van der Waals surface area contributed by atoms with Crippen molar-refractivity contribution in [3.63, 3.8) is 0 Å². The van der Waals surface area contributed by atoms with Gasteiger partial charge in [-0.25, -0.2) is 0 Å². The molecule has 1 unspecified atom stereocenters. The first-order valence-electron chi connectivity index (χ1n) is 8.51. The second kappa shape index (κ2) is 6.69. The molecule has 1 saturated heterocycles. The molecular weight excluding hydrogens is 318 g/mol. The quantitative estimate of drug-likeness (QED) is 0.804. The van der Waals surface area contributed by atoms with E-state index in [2.05, 4.69) is 47.4 Å². The van der Waals surface area contributed by atoms with E-state index in [1.165, 1.54) is 35.4 Å². The summed E-state index contributed by atoms with van der Waals surface area (Å²) in [6.07, 6.45) is 2.52. The highest BCUT2D eigenvalue weighted by molar-refractivity contribution is 7.99. The molecule has 2 heterocycles. The van der Waals surface area contributed by atoms with Gasteiger partial charge in [-0.1, -0.05) is 18.2 Å². The van der Waals surface area contributed by atoms with E-state index < -0.39 is 0 Å². The molecule has 0 aromatic heterocycles. The minimum Gasteiger partial charge on any atom is -0.493 e. The van der Waals surface area contributed by atoms with Crippen LogP contribution in [0.25, 0.3) is 0 Å². The summed E-state index contributed by atoms with van der Waals surface area (Å²) >= 11 is 1.95. The Bertz CT molecular complexity index is 719. The van der Waals surface area contributed by atoms with E-state index in [-0.39, 0.29) is 0 Å². The van der Waals surface area contributed by atoms with Crippen LogP contribution in [0, 0.1) is 0 Å². The Labute approximate surface area is 148 Å². The fourth-order valence-corrected chi connectivity index (χ4v) is 5.19. The van der Waals surface area contributed by atoms with E-state index in [0.717, 1.165) is 18.0 Å². The Kier molecular flexibility index (Phi) is 4.42. The van der Waals surface area contributed by atoms with Crippen LogP contribution in [-0.4, -0.2) is 32.2 Å². The van der Waals surface area contributed by atoms with Crippen LogP contribution in [0.3, 0.4) is 0 Å². The molecule has 0 N–H and O–H groups in total. The second-order valence-electron chi connectivity index (χ2n) is 6.41. The van der Waals surface area contributed by atoms with Gasteiger partial charge in [-0.3, -0.25) is 4.90 Å². The van der Waals surface area contributed by atoms with Gasteiger partial charge in [0.1, 0.15) is 0 Å². The third kappa shape index (κ3) is 2.78. The van der Waals surface area contributed by atoms with Gasteiger partial charge in [-0.15, -0.1) is 11.8 Å². The van der Waals surface area contributed by atoms with Crippen LogP contribution in [0.5, 0.6) is 11.5 Å². The highest BCUT2D eigenvalue weighted by Crippen LogP contribution is 2.50. The molecule has 2 aliphatic heterocycles. The van der Waals surface area contributed by atoms with Crippen LogP contribution < -0.4 is 9.47 Å². The lowest BCUT2D eigenvalue weighted by molar-refractivity contribution is 0.239. The minimum absolute atomic E-state index is 0.427. The number of fused-ring (bicyclic) bond motifs is 3. The number of hydrogen-bond donors (Lipinski definition) is 0. The van der Waals surface area contributed by atoms with Crippen molar-refractivity contribution in [3.8, 4) is 11.5 Å². The lowest BCUT2D eigenvalue weighted by atomic mass is 9.92. The third-order valence-electron chi connectivity index (χ3n) is 5.08. The van der Waals surface area contributed by atoms with Gasteiger partial charge in [-0.05, 0) is 54.8 Å². The molecule has 2 atom stereocenters. The van der Waals surface area contributed by atoms with Crippen molar-refractivity contribution >= 4 is 11.8 Å². The van der Waals surface area contributed by atoms with Crippen LogP contribution in [0.1, 0.15) is 35.3 Å². The van der Waals surface area contributed by atoms with Gasteiger partial charge in [0.15, 0.2) is 11.5 Å². The van der Waals surface area contributed by atoms with E-state index >= 15 is 0 Å². The Balaban J connectivity index is 1.76. The van der Waals surface area contributed by atoms with Crippen molar-refractivity contribution in [1.82, 2.24) is 4.90 Å². The summed E-state index contributed by atoms with van der Waals surface area (Å²) < 4.78 is 11.1. The van der Waals surface area contributed by atoms with Gasteiger partial charge >= 0.3 is 0 Å². The zero-order chi connectivity index (χ0) is 16.5. The largest absolute Gasteiger partial charge is 0.493 e. The Morgan fingerprint density at radius 1 is 1.00 bits per heavy atom. The maximum absolute atomic E-state index is 5.56. The summed E-state index contributed by atoms with van der Waals surface area (Å²) in [5.74, 6) is 1.68. The zero-order valence-corrected chi connectivity index (χ0v) is 15.0. The van der Waals surface area contributed by atoms with Crippen LogP contribution >= 0.6 is 11.8 Å². The van der Waals surface area contributed by atoms with E-state index in [9.17, 15) is 0 Å². The SMILES string of the molecule is COc1cc2c(cc1OC)[C@H]1CCCN1CC2Sc1ccccc1. The fraction of sp³-hybridized carbons (Fsp3) is 0.400. The molecule has 126 valence electrons. The number of methoxy groups -OCH3 is 2. The van der Waals surface area contributed by atoms with Crippen molar-refractivity contribution in [2.75, 3.05) is 27.3 Å². The molecule has 2 aromatic carbocycles. The number of benzene rings is 2. The van der Waals surface area contributed by atoms with Gasteiger partial charge < -0.3 is 9.47 Å². The topological polar surface area (TPSA) is 21.7 Å². The number of thioether (sulfide) groups is 1. The summed E-state index contributed by atoms with van der Waals surface area (Å²) in [7, 11) is 3.43. The smallest absolute Gasteiger partial charge is 0.161 e. The zero-order valence-electron chi connectivity index (χ0n) is 14.2. The van der Waals surface area contributed by atoms with Crippen molar-refractivity contribution in [3.05, 3.63) is 53.6 Å². The Morgan fingerprint density at radius 2 is 1.71 bits per heavy atom. The van der Waals surface area contributed by atoms with E-state index in [4.69, 9.17) is 9.47 Å². The first kappa shape index (κ1) is 15.9. The summed E-state index contributed by atoms with van der Waals surface area (Å²) in [4.78, 5) is 3.95. The average Bonchev–Trinajstić information content (AvgIpc) is 3.10. The summed E-state index contributed by atoms with van der Waals surface area (Å²) in [5, 5.41) is 0.427. The standard InChI is InChI=1S/C20H23NO2S/c1-22-18-11-15-16(12-19(18)23-2)20(13-21-10-6-9-17(15)21)24-14-7-4-3-5-8-14/h3-5,7-8,11-12,17,20H,6,9-10,13H2,1-2H3/t17-,20?/m1/s1. The average molecular weight is 341 g/mol. The maximum Gasteiger partial charge on any atom is 0.161 e. The molecule has 2 aromatic rings. The van der Waals surface area contributed by atoms with Crippen molar-refractivity contribution < 1.29 is 9.47 Å². The normalized spacial score (nSPS) is 22.8. The molecule has 0 aliphatic carbocycles. The third-order valence-corrected chi connectivity index (χ3v) is 6.31. The highest BCUT2D eigenvalue weighted by Gasteiger charge is 2.37. The monoisotopic (exact) mass is 341 g/mol. The van der Waals surface area contributed by atoms with Crippen LogP contribution in [0.2, 0.25) is 0 Å². The first-order chi connectivity index (χ1) is 11.8. The molecule has 24 heavy (non-hydrogen) atoms. The maximum atomic E-state index is 5.56. The Hall–Kier alpha value is -1.65. The van der Waals surface area contributed by atoms with Gasteiger partial charge in [-0.2, -0.15) is 0 Å². The van der Waals surface area contributed by atoms with Gasteiger partial charge in [0, 0.05) is 22.7 Å². The number of ether oxygens (including phenoxy) is 2. The van der Waals surface area contributed by atoms with E-state index in [1.807, 2.05) is 11.8 Å². The molecule has 0 bridgehead atoms. The number of nitrogens with zero attached hydrogens (tertiary/aromatic N) is 1. The van der Waals surface area contributed by atoms with Gasteiger partial charge in [0.05, 0.1) is 14.2 Å². The van der Waals surface area contributed by atoms with Crippen LogP contribution in [-0.2, 0) is 0 Å². The molecule has 4 rings (SSSR count). The fourth-order valence-electron chi connectivity index (χ4n) is 3.95. The van der Waals surface area contributed by atoms with Crippen molar-refractivity contribution in [2.45, 2.75) is 29.0 Å². The van der Waals surface area contributed by atoms with Gasteiger partial charge in [0.25, 0.3) is 0 Å². The molecular formula is C20H23NO2S. The summed E-state index contributed by atoms with van der Waals surface area (Å²) in [6, 6.07) is 15.6. The highest BCUT2D eigenvalue weighted by atomic mass is 32.2. The van der Waals surface area contributed by atoms with Crippen molar-refractivity contribution in [1.29, 1.82) is 0 Å².